The number of allylic oxidation sites excluding steroid dienone is 2. The Kier molecular flexibility index (Phi) is 8.01. The van der Waals surface area contributed by atoms with Crippen molar-refractivity contribution < 1.29 is 34.4 Å². The summed E-state index contributed by atoms with van der Waals surface area (Å²) < 4.78 is 5.99. The van der Waals surface area contributed by atoms with Crippen LogP contribution >= 0.6 is 0 Å². The Bertz CT molecular complexity index is 1100. The zero-order valence-electron chi connectivity index (χ0n) is 15.9. The van der Waals surface area contributed by atoms with Gasteiger partial charge in [-0.15, -0.1) is 35.9 Å². The number of hydrogen-bond acceptors (Lipinski definition) is 5. The van der Waals surface area contributed by atoms with Crippen molar-refractivity contribution in [3.05, 3.63) is 84.9 Å². The van der Waals surface area contributed by atoms with Gasteiger partial charge in [0.25, 0.3) is 0 Å². The minimum Gasteiger partial charge on any atom is -0.512 e. The molecule has 0 aliphatic carbocycles. The molecule has 5 nitrogen and oxygen atoms in total. The first-order valence-corrected chi connectivity index (χ1v) is 8.69. The Balaban J connectivity index is 0.000000327. The molecule has 0 aliphatic heterocycles. The Morgan fingerprint density at radius 1 is 1.07 bits per heavy atom. The van der Waals surface area contributed by atoms with Crippen LogP contribution in [0.15, 0.2) is 83.2 Å². The standard InChI is InChI=1S/C18H11N2O.C5H8O2.Ir/c1-3-7-13(8-4-1)16-11-15-18(21-16)17(20-12-19-15)14-9-5-2-6-10-14;1-4(6)3-5(2)7;/h1-9,11-12H;3,6H,1-2H3;/q-1;;/b;4-3-;. The Labute approximate surface area is 182 Å². The van der Waals surface area contributed by atoms with E-state index >= 15 is 0 Å². The molecule has 2 aromatic heterocycles. The van der Waals surface area contributed by atoms with Crippen molar-refractivity contribution in [3.8, 4) is 22.6 Å². The van der Waals surface area contributed by atoms with Crippen molar-refractivity contribution in [1.29, 1.82) is 0 Å². The largest absolute Gasteiger partial charge is 0.512 e. The van der Waals surface area contributed by atoms with E-state index in [0.717, 1.165) is 28.1 Å². The van der Waals surface area contributed by atoms with E-state index in [4.69, 9.17) is 9.52 Å². The van der Waals surface area contributed by atoms with Crippen LogP contribution in [0.1, 0.15) is 13.8 Å². The fourth-order valence-electron chi connectivity index (χ4n) is 2.63. The topological polar surface area (TPSA) is 76.2 Å². The summed E-state index contributed by atoms with van der Waals surface area (Å²) in [5.74, 6) is 0.732. The van der Waals surface area contributed by atoms with Gasteiger partial charge in [-0.2, -0.15) is 0 Å². The SMILES string of the molecule is CC(=O)/C=C(/C)O.[Ir].[c-]1ccccc1-c1ncnc2cc(-c3ccccc3)oc12. The Hall–Kier alpha value is -3.08. The van der Waals surface area contributed by atoms with Crippen molar-refractivity contribution >= 4 is 16.9 Å². The molecule has 0 bridgehead atoms. The van der Waals surface area contributed by atoms with Crippen LogP contribution in [0.5, 0.6) is 0 Å². The monoisotopic (exact) mass is 564 g/mol. The van der Waals surface area contributed by atoms with Crippen LogP contribution in [-0.2, 0) is 24.9 Å². The molecule has 0 aliphatic rings. The average molecular weight is 564 g/mol. The fraction of sp³-hybridized carbons (Fsp3) is 0.0870. The number of aliphatic hydroxyl groups is 1. The van der Waals surface area contributed by atoms with Crippen LogP contribution < -0.4 is 0 Å². The predicted molar refractivity (Wildman–Crippen MR) is 109 cm³/mol. The van der Waals surface area contributed by atoms with E-state index in [9.17, 15) is 4.79 Å². The van der Waals surface area contributed by atoms with Gasteiger partial charge in [-0.05, 0) is 13.8 Å². The summed E-state index contributed by atoms with van der Waals surface area (Å²) in [4.78, 5) is 18.7. The van der Waals surface area contributed by atoms with Gasteiger partial charge in [-0.1, -0.05) is 30.3 Å². The maximum Gasteiger partial charge on any atom is 0.155 e. The van der Waals surface area contributed by atoms with Crippen LogP contribution in [0.3, 0.4) is 0 Å². The van der Waals surface area contributed by atoms with E-state index < -0.39 is 0 Å². The third kappa shape index (κ3) is 5.95. The molecule has 0 saturated carbocycles. The first-order valence-electron chi connectivity index (χ1n) is 8.69. The number of carbonyl (C=O) groups is 1. The number of aromatic nitrogens is 2. The fourth-order valence-corrected chi connectivity index (χ4v) is 2.63. The maximum absolute atomic E-state index is 10.0. The van der Waals surface area contributed by atoms with Crippen molar-refractivity contribution in [3.63, 3.8) is 0 Å². The summed E-state index contributed by atoms with van der Waals surface area (Å²) in [6.45, 7) is 2.85. The molecule has 0 spiro atoms. The zero-order valence-corrected chi connectivity index (χ0v) is 18.3. The maximum atomic E-state index is 10.0. The summed E-state index contributed by atoms with van der Waals surface area (Å²) in [6, 6.07) is 22.8. The molecule has 1 N–H and O–H groups in total. The Morgan fingerprint density at radius 2 is 1.79 bits per heavy atom. The molecule has 0 unspecified atom stereocenters. The summed E-state index contributed by atoms with van der Waals surface area (Å²) in [5, 5.41) is 8.36. The molecule has 0 atom stereocenters. The number of rotatable bonds is 3. The van der Waals surface area contributed by atoms with E-state index in [2.05, 4.69) is 16.0 Å². The molecule has 0 fully saturated rings. The number of fused-ring (bicyclic) bond motifs is 1. The third-order valence-corrected chi connectivity index (χ3v) is 3.75. The minimum absolute atomic E-state index is 0. The molecule has 4 rings (SSSR count). The van der Waals surface area contributed by atoms with Gasteiger partial charge >= 0.3 is 0 Å². The minimum atomic E-state index is -0.125. The Morgan fingerprint density at radius 3 is 2.38 bits per heavy atom. The zero-order chi connectivity index (χ0) is 19.9. The van der Waals surface area contributed by atoms with Crippen LogP contribution in [-0.4, -0.2) is 20.9 Å². The van der Waals surface area contributed by atoms with Crippen LogP contribution in [0.4, 0.5) is 0 Å². The van der Waals surface area contributed by atoms with Gasteiger partial charge in [-0.25, -0.2) is 4.98 Å². The molecule has 2 heterocycles. The number of nitrogens with zero attached hydrogens (tertiary/aromatic N) is 2. The molecule has 149 valence electrons. The van der Waals surface area contributed by atoms with Crippen molar-refractivity contribution in [2.75, 3.05) is 0 Å². The quantitative estimate of drug-likeness (QED) is 0.206. The molecule has 4 aromatic rings. The number of hydrogen-bond donors (Lipinski definition) is 1. The smallest absolute Gasteiger partial charge is 0.155 e. The van der Waals surface area contributed by atoms with Crippen molar-refractivity contribution in [1.82, 2.24) is 9.97 Å². The van der Waals surface area contributed by atoms with Gasteiger partial charge in [-0.3, -0.25) is 9.78 Å². The van der Waals surface area contributed by atoms with Gasteiger partial charge in [0.1, 0.15) is 23.2 Å². The van der Waals surface area contributed by atoms with Crippen molar-refractivity contribution in [2.24, 2.45) is 0 Å². The van der Waals surface area contributed by atoms with E-state index in [-0.39, 0.29) is 31.6 Å². The predicted octanol–water partition coefficient (Wildman–Crippen LogP) is 5.39. The number of furan rings is 1. The van der Waals surface area contributed by atoms with Gasteiger partial charge in [0.05, 0.1) is 5.76 Å². The number of ketones is 1. The van der Waals surface area contributed by atoms with Gasteiger partial charge in [0.15, 0.2) is 5.78 Å². The molecule has 2 aromatic carbocycles. The molecule has 29 heavy (non-hydrogen) atoms. The normalized spacial score (nSPS) is 10.6. The van der Waals surface area contributed by atoms with E-state index in [1.54, 1.807) is 6.33 Å². The summed E-state index contributed by atoms with van der Waals surface area (Å²) in [7, 11) is 0. The van der Waals surface area contributed by atoms with Crippen LogP contribution in [0.25, 0.3) is 33.7 Å². The molecule has 0 amide bonds. The van der Waals surface area contributed by atoms with Gasteiger partial charge in [0, 0.05) is 43.5 Å². The number of carbonyl (C=O) groups excluding carboxylic acids is 1. The summed E-state index contributed by atoms with van der Waals surface area (Å²) >= 11 is 0. The summed E-state index contributed by atoms with van der Waals surface area (Å²) in [5.41, 5.74) is 4.19. The van der Waals surface area contributed by atoms with E-state index in [1.165, 1.54) is 19.9 Å². The average Bonchev–Trinajstić information content (AvgIpc) is 3.13. The molecule has 1 radical (unpaired) electrons. The molecule has 0 saturated heterocycles. The second-order valence-electron chi connectivity index (χ2n) is 6.09. The molecule has 6 heteroatoms. The first kappa shape index (κ1) is 22.2. The summed E-state index contributed by atoms with van der Waals surface area (Å²) in [6.07, 6.45) is 2.72. The van der Waals surface area contributed by atoms with E-state index in [1.807, 2.05) is 60.7 Å². The molecular weight excluding hydrogens is 544 g/mol. The number of benzene rings is 2. The molecular formula is C23H19IrN2O3-. The van der Waals surface area contributed by atoms with Gasteiger partial charge < -0.3 is 9.52 Å². The van der Waals surface area contributed by atoms with Crippen LogP contribution in [0.2, 0.25) is 0 Å². The second kappa shape index (κ2) is 10.5. The van der Waals surface area contributed by atoms with E-state index in [0.29, 0.717) is 5.58 Å². The first-order chi connectivity index (χ1) is 13.5. The number of aliphatic hydroxyl groups excluding tert-OH is 1. The van der Waals surface area contributed by atoms with Crippen LogP contribution in [0, 0.1) is 6.07 Å². The third-order valence-electron chi connectivity index (χ3n) is 3.75. The second-order valence-corrected chi connectivity index (χ2v) is 6.09. The van der Waals surface area contributed by atoms with Gasteiger partial charge in [0.2, 0.25) is 0 Å². The van der Waals surface area contributed by atoms with Crippen molar-refractivity contribution in [2.45, 2.75) is 13.8 Å².